The molecule has 1 amide bonds. The van der Waals surface area contributed by atoms with Crippen molar-refractivity contribution in [1.82, 2.24) is 10.2 Å². The molecular formula is C15H18ClN3O2S2. The second-order valence-electron chi connectivity index (χ2n) is 4.68. The fourth-order valence-corrected chi connectivity index (χ4v) is 3.46. The zero-order chi connectivity index (χ0) is 16.5. The number of carbonyl (C=O) groups excluding carboxylic acids is 1. The Morgan fingerprint density at radius 2 is 2.13 bits per heavy atom. The van der Waals surface area contributed by atoms with Crippen LogP contribution in [0.25, 0.3) is 0 Å². The van der Waals surface area contributed by atoms with Crippen LogP contribution in [-0.4, -0.2) is 28.5 Å². The Kier molecular flexibility index (Phi) is 7.64. The zero-order valence-electron chi connectivity index (χ0n) is 12.8. The van der Waals surface area contributed by atoms with Crippen molar-refractivity contribution in [1.29, 1.82) is 0 Å². The largest absolute Gasteiger partial charge is 0.494 e. The summed E-state index contributed by atoms with van der Waals surface area (Å²) in [5, 5.41) is 12.0. The highest BCUT2D eigenvalue weighted by atomic mass is 35.5. The van der Waals surface area contributed by atoms with Crippen LogP contribution in [0.4, 0.5) is 5.13 Å². The molecule has 0 bridgehead atoms. The first-order chi connectivity index (χ1) is 11.2. The number of rotatable bonds is 9. The lowest BCUT2D eigenvalue weighted by atomic mass is 10.3. The van der Waals surface area contributed by atoms with Crippen LogP contribution in [0.5, 0.6) is 5.75 Å². The van der Waals surface area contributed by atoms with Gasteiger partial charge >= 0.3 is 0 Å². The van der Waals surface area contributed by atoms with Crippen molar-refractivity contribution in [3.63, 3.8) is 0 Å². The number of halogens is 1. The van der Waals surface area contributed by atoms with Gasteiger partial charge in [-0.25, -0.2) is 0 Å². The van der Waals surface area contributed by atoms with Gasteiger partial charge in [-0.3, -0.25) is 4.79 Å². The van der Waals surface area contributed by atoms with Crippen LogP contribution in [0.2, 0.25) is 5.02 Å². The minimum Gasteiger partial charge on any atom is -0.494 e. The number of aromatic nitrogens is 2. The molecule has 0 spiro atoms. The molecule has 2 rings (SSSR count). The highest BCUT2D eigenvalue weighted by Crippen LogP contribution is 2.25. The minimum atomic E-state index is -0.0760. The van der Waals surface area contributed by atoms with Gasteiger partial charge in [0, 0.05) is 17.2 Å². The van der Waals surface area contributed by atoms with Gasteiger partial charge in [-0.1, -0.05) is 41.6 Å². The molecule has 0 aliphatic heterocycles. The van der Waals surface area contributed by atoms with E-state index in [9.17, 15) is 4.79 Å². The molecular weight excluding hydrogens is 354 g/mol. The Morgan fingerprint density at radius 1 is 1.35 bits per heavy atom. The van der Waals surface area contributed by atoms with Crippen LogP contribution in [-0.2, 0) is 4.79 Å². The average molecular weight is 372 g/mol. The fraction of sp³-hybridized carbons (Fsp3) is 0.400. The number of ether oxygens (including phenoxy) is 1. The third-order valence-electron chi connectivity index (χ3n) is 2.71. The van der Waals surface area contributed by atoms with E-state index in [0.29, 0.717) is 29.6 Å². The van der Waals surface area contributed by atoms with Gasteiger partial charge in [0.05, 0.1) is 6.61 Å². The first-order valence-electron chi connectivity index (χ1n) is 7.32. The Labute approximate surface area is 148 Å². The highest BCUT2D eigenvalue weighted by molar-refractivity contribution is 8.01. The van der Waals surface area contributed by atoms with Crippen LogP contribution < -0.4 is 10.1 Å². The summed E-state index contributed by atoms with van der Waals surface area (Å²) in [6.45, 7) is 2.59. The van der Waals surface area contributed by atoms with E-state index < -0.39 is 0 Å². The van der Waals surface area contributed by atoms with Gasteiger partial charge in [0.25, 0.3) is 0 Å². The molecule has 0 saturated carbocycles. The van der Waals surface area contributed by atoms with Crippen LogP contribution >= 0.6 is 34.7 Å². The van der Waals surface area contributed by atoms with Gasteiger partial charge in [0.2, 0.25) is 11.0 Å². The summed E-state index contributed by atoms with van der Waals surface area (Å²) < 4.78 is 6.43. The standard InChI is InChI=1S/C15H18ClN3O2S2/c1-2-10-22-15-19-18-14(23-15)17-13(20)4-3-9-21-12-7-5-11(16)6-8-12/h5-8H,2-4,9-10H2,1H3,(H,17,18,20). The molecule has 1 N–H and O–H groups in total. The Morgan fingerprint density at radius 3 is 2.87 bits per heavy atom. The average Bonchev–Trinajstić information content (AvgIpc) is 2.98. The maximum atomic E-state index is 11.8. The maximum Gasteiger partial charge on any atom is 0.226 e. The van der Waals surface area contributed by atoms with E-state index in [1.165, 1.54) is 11.3 Å². The number of hydrogen-bond acceptors (Lipinski definition) is 6. The summed E-state index contributed by atoms with van der Waals surface area (Å²) in [4.78, 5) is 11.8. The summed E-state index contributed by atoms with van der Waals surface area (Å²) in [5.74, 6) is 1.68. The van der Waals surface area contributed by atoms with Gasteiger partial charge in [0.15, 0.2) is 4.34 Å². The summed E-state index contributed by atoms with van der Waals surface area (Å²) in [6, 6.07) is 7.15. The molecule has 124 valence electrons. The third kappa shape index (κ3) is 6.76. The SMILES string of the molecule is CCCSc1nnc(NC(=O)CCCOc2ccc(Cl)cc2)s1. The Hall–Kier alpha value is -1.31. The first-order valence-corrected chi connectivity index (χ1v) is 9.50. The number of nitrogens with one attached hydrogen (secondary N) is 1. The molecule has 23 heavy (non-hydrogen) atoms. The van der Waals surface area contributed by atoms with Crippen molar-refractivity contribution in [3.05, 3.63) is 29.3 Å². The molecule has 1 aromatic heterocycles. The van der Waals surface area contributed by atoms with Crippen LogP contribution in [0.15, 0.2) is 28.6 Å². The summed E-state index contributed by atoms with van der Waals surface area (Å²) in [6.07, 6.45) is 2.09. The topological polar surface area (TPSA) is 64.1 Å². The molecule has 0 saturated heterocycles. The van der Waals surface area contributed by atoms with E-state index in [1.807, 2.05) is 0 Å². The van der Waals surface area contributed by atoms with Crippen molar-refractivity contribution in [2.24, 2.45) is 0 Å². The van der Waals surface area contributed by atoms with E-state index in [4.69, 9.17) is 16.3 Å². The number of amides is 1. The van der Waals surface area contributed by atoms with Gasteiger partial charge in [-0.15, -0.1) is 10.2 Å². The number of nitrogens with zero attached hydrogens (tertiary/aromatic N) is 2. The lowest BCUT2D eigenvalue weighted by Gasteiger charge is -2.05. The minimum absolute atomic E-state index is 0.0760. The Balaban J connectivity index is 1.64. The number of benzene rings is 1. The number of hydrogen-bond donors (Lipinski definition) is 1. The second kappa shape index (κ2) is 9.75. The third-order valence-corrected chi connectivity index (χ3v) is 5.14. The molecule has 1 aromatic carbocycles. The molecule has 8 heteroatoms. The molecule has 0 aliphatic carbocycles. The van der Waals surface area contributed by atoms with Gasteiger partial charge < -0.3 is 10.1 Å². The van der Waals surface area contributed by atoms with Crippen molar-refractivity contribution in [2.75, 3.05) is 17.7 Å². The smallest absolute Gasteiger partial charge is 0.226 e. The molecule has 0 fully saturated rings. The van der Waals surface area contributed by atoms with Crippen LogP contribution in [0, 0.1) is 0 Å². The summed E-state index contributed by atoms with van der Waals surface area (Å²) >= 11 is 8.86. The van der Waals surface area contributed by atoms with Crippen molar-refractivity contribution in [3.8, 4) is 5.75 Å². The van der Waals surface area contributed by atoms with Crippen LogP contribution in [0.1, 0.15) is 26.2 Å². The lowest BCUT2D eigenvalue weighted by molar-refractivity contribution is -0.116. The second-order valence-corrected chi connectivity index (χ2v) is 7.43. The zero-order valence-corrected chi connectivity index (χ0v) is 15.1. The summed E-state index contributed by atoms with van der Waals surface area (Å²) in [5.41, 5.74) is 0. The number of thioether (sulfide) groups is 1. The van der Waals surface area contributed by atoms with Gasteiger partial charge in [0.1, 0.15) is 5.75 Å². The molecule has 2 aromatic rings. The van der Waals surface area contributed by atoms with E-state index in [0.717, 1.165) is 22.3 Å². The number of carbonyl (C=O) groups is 1. The van der Waals surface area contributed by atoms with E-state index in [1.54, 1.807) is 36.0 Å². The Bertz CT molecular complexity index is 619. The van der Waals surface area contributed by atoms with E-state index >= 15 is 0 Å². The van der Waals surface area contributed by atoms with Crippen molar-refractivity contribution < 1.29 is 9.53 Å². The fourth-order valence-electron chi connectivity index (χ4n) is 1.64. The molecule has 0 aliphatic rings. The quantitative estimate of drug-likeness (QED) is 0.399. The first kappa shape index (κ1) is 18.0. The van der Waals surface area contributed by atoms with Gasteiger partial charge in [-0.05, 0) is 37.1 Å². The normalized spacial score (nSPS) is 10.5. The molecule has 0 radical (unpaired) electrons. The maximum absolute atomic E-state index is 11.8. The van der Waals surface area contributed by atoms with Gasteiger partial charge in [-0.2, -0.15) is 0 Å². The van der Waals surface area contributed by atoms with Crippen LogP contribution in [0.3, 0.4) is 0 Å². The van der Waals surface area contributed by atoms with E-state index in [2.05, 4.69) is 22.4 Å². The van der Waals surface area contributed by atoms with Crippen molar-refractivity contribution in [2.45, 2.75) is 30.5 Å². The predicted octanol–water partition coefficient (Wildman–Crippen LogP) is 4.49. The summed E-state index contributed by atoms with van der Waals surface area (Å²) in [7, 11) is 0. The van der Waals surface area contributed by atoms with Crippen molar-refractivity contribution >= 4 is 45.7 Å². The molecule has 0 atom stereocenters. The molecule has 1 heterocycles. The number of anilines is 1. The highest BCUT2D eigenvalue weighted by Gasteiger charge is 2.08. The molecule has 0 unspecified atom stereocenters. The lowest BCUT2D eigenvalue weighted by Crippen LogP contribution is -2.12. The predicted molar refractivity (Wildman–Crippen MR) is 95.7 cm³/mol. The van der Waals surface area contributed by atoms with E-state index in [-0.39, 0.29) is 5.91 Å². The molecule has 5 nitrogen and oxygen atoms in total. The monoisotopic (exact) mass is 371 g/mol.